The number of hydrogen-bond donors (Lipinski definition) is 2. The minimum absolute atomic E-state index is 0.0344. The molecule has 2 saturated heterocycles. The highest BCUT2D eigenvalue weighted by Crippen LogP contribution is 2.41. The van der Waals surface area contributed by atoms with Gasteiger partial charge in [0.15, 0.2) is 0 Å². The minimum Gasteiger partial charge on any atom is -0.491 e. The predicted molar refractivity (Wildman–Crippen MR) is 233 cm³/mol. The smallest absolute Gasteiger partial charge is 0.261 e. The number of piperidine rings is 2. The van der Waals surface area contributed by atoms with Crippen LogP contribution in [-0.2, 0) is 22.5 Å². The monoisotopic (exact) mass is 834 g/mol. The van der Waals surface area contributed by atoms with E-state index in [-0.39, 0.29) is 35.9 Å². The summed E-state index contributed by atoms with van der Waals surface area (Å²) in [5.41, 5.74) is 2.42. The third kappa shape index (κ3) is 10.3. The van der Waals surface area contributed by atoms with E-state index >= 15 is 0 Å². The van der Waals surface area contributed by atoms with Crippen LogP contribution in [0.4, 0.5) is 0 Å². The Morgan fingerprint density at radius 2 is 1.70 bits per heavy atom. The Bertz CT molecular complexity index is 2350. The van der Waals surface area contributed by atoms with Crippen LogP contribution in [0.2, 0.25) is 5.02 Å². The van der Waals surface area contributed by atoms with Crippen molar-refractivity contribution in [3.8, 4) is 5.75 Å². The van der Waals surface area contributed by atoms with E-state index in [2.05, 4.69) is 22.2 Å². The Labute approximate surface area is 355 Å². The van der Waals surface area contributed by atoms with Gasteiger partial charge in [-0.05, 0) is 101 Å². The van der Waals surface area contributed by atoms with Gasteiger partial charge in [-0.1, -0.05) is 48.0 Å². The Morgan fingerprint density at radius 1 is 0.933 bits per heavy atom. The van der Waals surface area contributed by atoms with Crippen molar-refractivity contribution < 1.29 is 24.2 Å². The number of nitrogens with one attached hydrogen (secondary N) is 1. The number of ether oxygens (including phenoxy) is 2. The first-order valence-corrected chi connectivity index (χ1v) is 21.8. The van der Waals surface area contributed by atoms with Gasteiger partial charge in [-0.3, -0.25) is 23.9 Å². The van der Waals surface area contributed by atoms with Crippen molar-refractivity contribution in [2.75, 3.05) is 53.0 Å². The van der Waals surface area contributed by atoms with E-state index in [0.29, 0.717) is 98.1 Å². The van der Waals surface area contributed by atoms with Crippen molar-refractivity contribution in [2.24, 2.45) is 5.92 Å². The van der Waals surface area contributed by atoms with Crippen LogP contribution < -0.4 is 15.6 Å². The minimum atomic E-state index is -1.17. The summed E-state index contributed by atoms with van der Waals surface area (Å²) < 4.78 is 13.4. The second kappa shape index (κ2) is 18.8. The van der Waals surface area contributed by atoms with Crippen molar-refractivity contribution >= 4 is 45.2 Å². The maximum absolute atomic E-state index is 14.1. The molecule has 1 aliphatic carbocycles. The van der Waals surface area contributed by atoms with Gasteiger partial charge >= 0.3 is 0 Å². The molecule has 2 aromatic heterocycles. The fourth-order valence-electron chi connectivity index (χ4n) is 8.54. The van der Waals surface area contributed by atoms with Crippen molar-refractivity contribution in [1.29, 1.82) is 0 Å². The second-order valence-corrected chi connectivity index (χ2v) is 17.4. The average molecular weight is 835 g/mol. The molecule has 0 radical (unpaired) electrons. The fourth-order valence-corrected chi connectivity index (χ4v) is 8.81. The molecule has 1 saturated carbocycles. The number of carbonyl (C=O) groups excluding carboxylic acids is 2. The number of amides is 2. The maximum atomic E-state index is 14.1. The van der Waals surface area contributed by atoms with Crippen LogP contribution in [-0.4, -0.2) is 106 Å². The first-order valence-electron chi connectivity index (χ1n) is 21.5. The van der Waals surface area contributed by atoms with E-state index in [1.54, 1.807) is 30.3 Å². The summed E-state index contributed by atoms with van der Waals surface area (Å²) in [4.78, 5) is 54.3. The number of aromatic nitrogens is 3. The van der Waals surface area contributed by atoms with Crippen molar-refractivity contribution in [3.05, 3.63) is 111 Å². The SMILES string of the molecule is CN1CCC(OCCOc2ccc3c(=O)n(CC4(O)CCN(C(=O)[C@H](CCCNC(=O)c5ccc6c(Cl)cc(C7CC7)nc6c5)Cc5ccccc5)CC4)cnc3c2)CC1. The van der Waals surface area contributed by atoms with E-state index in [1.165, 1.54) is 10.9 Å². The number of aliphatic hydroxyl groups is 1. The van der Waals surface area contributed by atoms with Gasteiger partial charge in [-0.2, -0.15) is 0 Å². The number of carbonyl (C=O) groups is 2. The molecule has 2 N–H and O–H groups in total. The van der Waals surface area contributed by atoms with Crippen LogP contribution in [0.1, 0.15) is 78.9 Å². The lowest BCUT2D eigenvalue weighted by atomic mass is 9.88. The third-order valence-electron chi connectivity index (χ3n) is 12.4. The van der Waals surface area contributed by atoms with Crippen molar-refractivity contribution in [1.82, 2.24) is 29.7 Å². The van der Waals surface area contributed by atoms with Gasteiger partial charge in [-0.15, -0.1) is 0 Å². The number of halogens is 1. The van der Waals surface area contributed by atoms with Crippen molar-refractivity contribution in [2.45, 2.75) is 82.0 Å². The molecule has 13 heteroatoms. The predicted octanol–water partition coefficient (Wildman–Crippen LogP) is 6.39. The quantitative estimate of drug-likeness (QED) is 0.108. The Morgan fingerprint density at radius 3 is 2.47 bits per heavy atom. The second-order valence-electron chi connectivity index (χ2n) is 16.9. The topological polar surface area (TPSA) is 139 Å². The molecular weight excluding hydrogens is 780 g/mol. The molecule has 60 heavy (non-hydrogen) atoms. The average Bonchev–Trinajstić information content (AvgIpc) is 4.11. The number of fused-ring (bicyclic) bond motifs is 2. The molecule has 3 fully saturated rings. The number of hydrogen-bond acceptors (Lipinski definition) is 9. The van der Waals surface area contributed by atoms with Gasteiger partial charge in [0.25, 0.3) is 11.5 Å². The van der Waals surface area contributed by atoms with E-state index in [4.69, 9.17) is 26.1 Å². The number of benzene rings is 3. The number of pyridine rings is 1. The summed E-state index contributed by atoms with van der Waals surface area (Å²) in [5, 5.41) is 16.7. The molecule has 0 bridgehead atoms. The summed E-state index contributed by atoms with van der Waals surface area (Å²) in [6.07, 6.45) is 8.48. The zero-order valence-electron chi connectivity index (χ0n) is 34.4. The molecule has 5 aromatic rings. The van der Waals surface area contributed by atoms with E-state index < -0.39 is 5.60 Å². The molecule has 316 valence electrons. The molecule has 2 amide bonds. The highest BCUT2D eigenvalue weighted by atomic mass is 35.5. The van der Waals surface area contributed by atoms with E-state index in [9.17, 15) is 19.5 Å². The van der Waals surface area contributed by atoms with Crippen LogP contribution >= 0.6 is 11.6 Å². The van der Waals surface area contributed by atoms with Crippen LogP contribution in [0.5, 0.6) is 5.75 Å². The molecule has 4 heterocycles. The van der Waals surface area contributed by atoms with Crippen molar-refractivity contribution in [3.63, 3.8) is 0 Å². The van der Waals surface area contributed by atoms with Crippen LogP contribution in [0.25, 0.3) is 21.8 Å². The lowest BCUT2D eigenvalue weighted by molar-refractivity contribution is -0.140. The fraction of sp³-hybridized carbons (Fsp3) is 0.468. The maximum Gasteiger partial charge on any atom is 0.261 e. The van der Waals surface area contributed by atoms with E-state index in [0.717, 1.165) is 60.9 Å². The molecule has 1 atom stereocenters. The van der Waals surface area contributed by atoms with Crippen LogP contribution in [0.3, 0.4) is 0 Å². The van der Waals surface area contributed by atoms with Crippen LogP contribution in [0, 0.1) is 5.92 Å². The van der Waals surface area contributed by atoms with Gasteiger partial charge < -0.3 is 29.7 Å². The highest BCUT2D eigenvalue weighted by Gasteiger charge is 2.36. The number of rotatable bonds is 16. The summed E-state index contributed by atoms with van der Waals surface area (Å²) in [6, 6.07) is 22.6. The Balaban J connectivity index is 0.836. The molecule has 0 unspecified atom stereocenters. The Kier molecular flexibility index (Phi) is 13.1. The number of nitrogens with zero attached hydrogens (tertiary/aromatic N) is 5. The molecule has 12 nitrogen and oxygen atoms in total. The largest absolute Gasteiger partial charge is 0.491 e. The molecule has 3 aliphatic rings. The zero-order valence-corrected chi connectivity index (χ0v) is 35.1. The first kappa shape index (κ1) is 41.8. The molecule has 3 aromatic carbocycles. The zero-order chi connectivity index (χ0) is 41.6. The van der Waals surface area contributed by atoms with Gasteiger partial charge in [0.2, 0.25) is 5.91 Å². The first-order chi connectivity index (χ1) is 29.1. The summed E-state index contributed by atoms with van der Waals surface area (Å²) in [6.45, 7) is 4.24. The summed E-state index contributed by atoms with van der Waals surface area (Å²) in [7, 11) is 2.13. The van der Waals surface area contributed by atoms with Gasteiger partial charge in [0, 0.05) is 67.3 Å². The lowest BCUT2D eigenvalue weighted by Crippen LogP contribution is -2.51. The van der Waals surface area contributed by atoms with Crippen LogP contribution in [0.15, 0.2) is 83.9 Å². The molecular formula is C47H55ClN6O6. The highest BCUT2D eigenvalue weighted by molar-refractivity contribution is 6.35. The lowest BCUT2D eigenvalue weighted by Gasteiger charge is -2.39. The summed E-state index contributed by atoms with van der Waals surface area (Å²) >= 11 is 6.54. The number of likely N-dealkylation sites (tertiary alicyclic amines) is 2. The summed E-state index contributed by atoms with van der Waals surface area (Å²) in [5.74, 6) is 0.624. The molecule has 8 rings (SSSR count). The Hall–Kier alpha value is -4.88. The third-order valence-corrected chi connectivity index (χ3v) is 12.7. The normalized spacial score (nSPS) is 17.8. The molecule has 0 spiro atoms. The van der Waals surface area contributed by atoms with Gasteiger partial charge in [-0.25, -0.2) is 4.98 Å². The van der Waals surface area contributed by atoms with Gasteiger partial charge in [0.1, 0.15) is 12.4 Å². The molecule has 2 aliphatic heterocycles. The van der Waals surface area contributed by atoms with Gasteiger partial charge in [0.05, 0.1) is 52.6 Å². The van der Waals surface area contributed by atoms with E-state index in [1.807, 2.05) is 47.4 Å². The standard InChI is InChI=1S/C47H55ClN6O6/c1-52-20-15-36(16-21-52)59-24-25-60-37-12-14-39-42(28-37)50-31-54(46(39)57)30-47(58)17-22-53(23-18-47)45(56)35(26-32-6-3-2-4-7-32)8-5-19-49-44(55)34-11-13-38-40(48)29-41(33-9-10-33)51-43(38)27-34/h2-4,6-7,11-14,27-29,31,33,35-36,58H,5,8-10,15-26,30H2,1H3,(H,49,55)/t35-/m1/s1.